The first-order valence-corrected chi connectivity index (χ1v) is 5.71. The van der Waals surface area contributed by atoms with Gasteiger partial charge in [0.2, 0.25) is 5.91 Å². The molecule has 0 heterocycles. The lowest BCUT2D eigenvalue weighted by atomic mass is 9.91. The third kappa shape index (κ3) is 8.43. The fourth-order valence-electron chi connectivity index (χ4n) is 1.35. The smallest absolute Gasteiger partial charge is 0.222 e. The second-order valence-corrected chi connectivity index (χ2v) is 5.34. The molecule has 0 aromatic carbocycles. The minimum atomic E-state index is 0.0659. The highest BCUT2D eigenvalue weighted by atomic mass is 16.2. The van der Waals surface area contributed by atoms with E-state index in [1.165, 1.54) is 0 Å². The Balaban J connectivity index is 3.70. The molecular weight excluding hydrogens is 190 g/mol. The van der Waals surface area contributed by atoms with Crippen LogP contribution in [0.15, 0.2) is 0 Å². The van der Waals surface area contributed by atoms with E-state index in [0.717, 1.165) is 25.8 Å². The second-order valence-electron chi connectivity index (χ2n) is 5.34. The zero-order chi connectivity index (χ0) is 11.9. The van der Waals surface area contributed by atoms with Gasteiger partial charge >= 0.3 is 0 Å². The van der Waals surface area contributed by atoms with E-state index in [1.54, 1.807) is 4.90 Å². The number of carbonyl (C=O) groups is 1. The summed E-state index contributed by atoms with van der Waals surface area (Å²) in [5.41, 5.74) is 0.0659. The van der Waals surface area contributed by atoms with Gasteiger partial charge in [0, 0.05) is 26.6 Å². The van der Waals surface area contributed by atoms with Gasteiger partial charge in [0.25, 0.3) is 0 Å². The van der Waals surface area contributed by atoms with E-state index in [0.29, 0.717) is 6.42 Å². The molecule has 0 saturated carbocycles. The third-order valence-corrected chi connectivity index (χ3v) is 2.26. The Morgan fingerprint density at radius 1 is 1.20 bits per heavy atom. The summed E-state index contributed by atoms with van der Waals surface area (Å²) in [7, 11) is 1.85. The first-order valence-electron chi connectivity index (χ1n) is 5.71. The molecule has 0 aromatic heterocycles. The maximum Gasteiger partial charge on any atom is 0.222 e. The van der Waals surface area contributed by atoms with Crippen molar-refractivity contribution in [1.82, 2.24) is 4.90 Å². The lowest BCUT2D eigenvalue weighted by Crippen LogP contribution is -2.30. The summed E-state index contributed by atoms with van der Waals surface area (Å²) in [6.07, 6.45) is 3.40. The van der Waals surface area contributed by atoms with E-state index in [-0.39, 0.29) is 17.9 Å². The summed E-state index contributed by atoms with van der Waals surface area (Å²) in [5.74, 6) is 0.214. The topological polar surface area (TPSA) is 40.5 Å². The summed E-state index contributed by atoms with van der Waals surface area (Å²) >= 11 is 0. The average Bonchev–Trinajstić information content (AvgIpc) is 2.09. The highest BCUT2D eigenvalue weighted by Crippen LogP contribution is 2.19. The summed E-state index contributed by atoms with van der Waals surface area (Å²) < 4.78 is 0. The molecule has 90 valence electrons. The molecule has 0 bridgehead atoms. The highest BCUT2D eigenvalue weighted by molar-refractivity contribution is 5.76. The Bertz CT molecular complexity index is 185. The maximum atomic E-state index is 11.7. The van der Waals surface area contributed by atoms with E-state index >= 15 is 0 Å². The van der Waals surface area contributed by atoms with Gasteiger partial charge in [-0.3, -0.25) is 4.79 Å². The Morgan fingerprint density at radius 2 is 1.80 bits per heavy atom. The van der Waals surface area contributed by atoms with Gasteiger partial charge in [0.1, 0.15) is 0 Å². The summed E-state index contributed by atoms with van der Waals surface area (Å²) in [6.45, 7) is 7.27. The number of amides is 1. The standard InChI is InChI=1S/C12H25NO2/c1-12(2,3)10-11(15)13(4)8-6-5-7-9-14/h14H,5-10H2,1-4H3. The fourth-order valence-corrected chi connectivity index (χ4v) is 1.35. The average molecular weight is 215 g/mol. The number of carbonyl (C=O) groups excluding carboxylic acids is 1. The molecule has 15 heavy (non-hydrogen) atoms. The lowest BCUT2D eigenvalue weighted by Gasteiger charge is -2.23. The van der Waals surface area contributed by atoms with Crippen molar-refractivity contribution >= 4 is 5.91 Å². The number of nitrogens with zero attached hydrogens (tertiary/aromatic N) is 1. The molecule has 0 aliphatic heterocycles. The zero-order valence-electron chi connectivity index (χ0n) is 10.5. The summed E-state index contributed by atoms with van der Waals surface area (Å²) in [5, 5.41) is 8.61. The number of hydrogen-bond acceptors (Lipinski definition) is 2. The molecule has 0 rings (SSSR count). The van der Waals surface area contributed by atoms with Crippen LogP contribution in [0.25, 0.3) is 0 Å². The first-order chi connectivity index (χ1) is 6.87. The molecule has 0 aliphatic carbocycles. The number of aliphatic hydroxyl groups excluding tert-OH is 1. The van der Waals surface area contributed by atoms with Crippen molar-refractivity contribution in [2.24, 2.45) is 5.41 Å². The first kappa shape index (κ1) is 14.4. The number of rotatable bonds is 6. The molecular formula is C12H25NO2. The van der Waals surface area contributed by atoms with Gasteiger partial charge in [-0.1, -0.05) is 20.8 Å². The van der Waals surface area contributed by atoms with Crippen molar-refractivity contribution in [2.75, 3.05) is 20.2 Å². The van der Waals surface area contributed by atoms with Crippen molar-refractivity contribution in [3.63, 3.8) is 0 Å². The normalized spacial score (nSPS) is 11.5. The molecule has 3 heteroatoms. The largest absolute Gasteiger partial charge is 0.396 e. The summed E-state index contributed by atoms with van der Waals surface area (Å²) in [6, 6.07) is 0. The van der Waals surface area contributed by atoms with Gasteiger partial charge < -0.3 is 10.0 Å². The van der Waals surface area contributed by atoms with Crippen molar-refractivity contribution in [3.8, 4) is 0 Å². The van der Waals surface area contributed by atoms with Gasteiger partial charge in [-0.05, 0) is 24.7 Å². The molecule has 0 aliphatic rings. The van der Waals surface area contributed by atoms with Crippen LogP contribution in [0.3, 0.4) is 0 Å². The van der Waals surface area contributed by atoms with Crippen LogP contribution < -0.4 is 0 Å². The van der Waals surface area contributed by atoms with E-state index in [1.807, 2.05) is 7.05 Å². The van der Waals surface area contributed by atoms with E-state index < -0.39 is 0 Å². The predicted octanol–water partition coefficient (Wildman–Crippen LogP) is 2.04. The molecule has 0 fully saturated rings. The molecule has 0 aromatic rings. The molecule has 1 amide bonds. The minimum absolute atomic E-state index is 0.0659. The zero-order valence-corrected chi connectivity index (χ0v) is 10.5. The number of aliphatic hydroxyl groups is 1. The van der Waals surface area contributed by atoms with Crippen LogP contribution in [0.1, 0.15) is 46.5 Å². The Kier molecular flexibility index (Phi) is 6.57. The maximum absolute atomic E-state index is 11.7. The van der Waals surface area contributed by atoms with Crippen LogP contribution >= 0.6 is 0 Å². The Morgan fingerprint density at radius 3 is 2.27 bits per heavy atom. The van der Waals surface area contributed by atoms with Gasteiger partial charge in [-0.2, -0.15) is 0 Å². The SMILES string of the molecule is CN(CCCCCO)C(=O)CC(C)(C)C. The molecule has 1 N–H and O–H groups in total. The molecule has 0 radical (unpaired) electrons. The Labute approximate surface area is 93.5 Å². The lowest BCUT2D eigenvalue weighted by molar-refractivity contribution is -0.131. The van der Waals surface area contributed by atoms with Crippen molar-refractivity contribution in [2.45, 2.75) is 46.5 Å². The van der Waals surface area contributed by atoms with Crippen molar-refractivity contribution in [3.05, 3.63) is 0 Å². The van der Waals surface area contributed by atoms with Crippen LogP contribution in [0.4, 0.5) is 0 Å². The highest BCUT2D eigenvalue weighted by Gasteiger charge is 2.18. The van der Waals surface area contributed by atoms with Crippen LogP contribution in [0.2, 0.25) is 0 Å². The number of hydrogen-bond donors (Lipinski definition) is 1. The molecule has 3 nitrogen and oxygen atoms in total. The minimum Gasteiger partial charge on any atom is -0.396 e. The van der Waals surface area contributed by atoms with Crippen LogP contribution in [0.5, 0.6) is 0 Å². The van der Waals surface area contributed by atoms with E-state index in [9.17, 15) is 4.79 Å². The number of unbranched alkanes of at least 4 members (excludes halogenated alkanes) is 2. The van der Waals surface area contributed by atoms with Crippen molar-refractivity contribution in [1.29, 1.82) is 0 Å². The predicted molar refractivity (Wildman–Crippen MR) is 62.6 cm³/mol. The third-order valence-electron chi connectivity index (χ3n) is 2.26. The Hall–Kier alpha value is -0.570. The molecule has 0 atom stereocenters. The van der Waals surface area contributed by atoms with Crippen LogP contribution in [0, 0.1) is 5.41 Å². The molecule has 0 saturated heterocycles. The van der Waals surface area contributed by atoms with Crippen molar-refractivity contribution < 1.29 is 9.90 Å². The second kappa shape index (κ2) is 6.83. The molecule has 0 spiro atoms. The summed E-state index contributed by atoms with van der Waals surface area (Å²) in [4.78, 5) is 13.5. The van der Waals surface area contributed by atoms with Gasteiger partial charge in [0.05, 0.1) is 0 Å². The quantitative estimate of drug-likeness (QED) is 0.689. The fraction of sp³-hybridized carbons (Fsp3) is 0.917. The van der Waals surface area contributed by atoms with Crippen LogP contribution in [-0.2, 0) is 4.79 Å². The van der Waals surface area contributed by atoms with Crippen LogP contribution in [-0.4, -0.2) is 36.1 Å². The van der Waals surface area contributed by atoms with Gasteiger partial charge in [-0.25, -0.2) is 0 Å². The monoisotopic (exact) mass is 215 g/mol. The van der Waals surface area contributed by atoms with Gasteiger partial charge in [0.15, 0.2) is 0 Å². The molecule has 0 unspecified atom stereocenters. The van der Waals surface area contributed by atoms with E-state index in [2.05, 4.69) is 20.8 Å². The van der Waals surface area contributed by atoms with Gasteiger partial charge in [-0.15, -0.1) is 0 Å². The van der Waals surface area contributed by atoms with E-state index in [4.69, 9.17) is 5.11 Å².